The molecule has 0 radical (unpaired) electrons. The number of hydrogen-bond donors (Lipinski definition) is 4. The Bertz CT molecular complexity index is 2680. The number of carbonyl (C=O) groups excluding carboxylic acids is 1. The third-order valence-electron chi connectivity index (χ3n) is 14.9. The van der Waals surface area contributed by atoms with Gasteiger partial charge in [-0.05, 0) is 140 Å². The van der Waals surface area contributed by atoms with Crippen LogP contribution in [0.2, 0.25) is 5.02 Å². The summed E-state index contributed by atoms with van der Waals surface area (Å²) in [4.78, 5) is 38.4. The molecule has 3 heterocycles. The van der Waals surface area contributed by atoms with Crippen LogP contribution in [0.25, 0.3) is 16.6 Å². The normalized spacial score (nSPS) is 25.4. The average molecular weight is 919 g/mol. The molecule has 13 nitrogen and oxygen atoms in total. The van der Waals surface area contributed by atoms with E-state index in [1.54, 1.807) is 30.6 Å². The Hall–Kier alpha value is -5.28. The van der Waals surface area contributed by atoms with E-state index in [1.807, 2.05) is 36.4 Å². The number of aromatic nitrogens is 2. The Balaban J connectivity index is 0.844. The van der Waals surface area contributed by atoms with E-state index in [4.69, 9.17) is 16.3 Å². The van der Waals surface area contributed by atoms with Crippen LogP contribution >= 0.6 is 11.6 Å². The van der Waals surface area contributed by atoms with Gasteiger partial charge in [-0.3, -0.25) is 24.5 Å². The second-order valence-electron chi connectivity index (χ2n) is 20.0. The largest absolute Gasteiger partial charge is 0.455 e. The molecular formula is C50H56ClN7O6S. The van der Waals surface area contributed by atoms with Crippen molar-refractivity contribution in [1.29, 1.82) is 0 Å². The molecule has 0 spiro atoms. The predicted molar refractivity (Wildman–Crippen MR) is 255 cm³/mol. The second kappa shape index (κ2) is 17.5. The molecule has 1 aliphatic heterocycles. The van der Waals surface area contributed by atoms with E-state index in [-0.39, 0.29) is 38.8 Å². The Kier molecular flexibility index (Phi) is 11.7. The van der Waals surface area contributed by atoms with Crippen LogP contribution in [0.5, 0.6) is 11.5 Å². The van der Waals surface area contributed by atoms with Crippen LogP contribution in [0, 0.1) is 38.7 Å². The lowest BCUT2D eigenvalue weighted by molar-refractivity contribution is -0.384. The fourth-order valence-corrected chi connectivity index (χ4v) is 12.7. The molecule has 5 fully saturated rings. The zero-order valence-electron chi connectivity index (χ0n) is 36.9. The number of piperazine rings is 1. The number of carbonyl (C=O) groups is 1. The SMILES string of the molecule is CC1(C)CCC(CN2CCN(c3ccc(C(=O)NS(=O)c4ccc(NCC56CC7CC(C5)C(O)C(C7)C6)c([N+](=O)[O-])c4)c(Oc4cnc5[nH]ccc5c4)c3)CC2)=C(c2ccc(Cl)cc2)C1. The lowest BCUT2D eigenvalue weighted by atomic mass is 9.48. The Morgan fingerprint density at radius 1 is 1.02 bits per heavy atom. The van der Waals surface area contributed by atoms with E-state index in [9.17, 15) is 24.2 Å². The number of pyridine rings is 1. The number of allylic oxidation sites excluding steroid dienone is 1. The first kappa shape index (κ1) is 43.6. The van der Waals surface area contributed by atoms with Gasteiger partial charge in [0, 0.05) is 73.7 Å². The predicted octanol–water partition coefficient (Wildman–Crippen LogP) is 9.75. The third-order valence-corrected chi connectivity index (χ3v) is 16.2. The first-order valence-electron chi connectivity index (χ1n) is 22.9. The number of hydrogen-bond acceptors (Lipinski definition) is 10. The summed E-state index contributed by atoms with van der Waals surface area (Å²) >= 11 is 6.26. The molecule has 4 N–H and O–H groups in total. The zero-order chi connectivity index (χ0) is 45.0. The molecule has 6 aliphatic rings. The van der Waals surface area contributed by atoms with E-state index in [2.05, 4.69) is 55.8 Å². The fraction of sp³-hybridized carbons (Fsp3) is 0.440. The number of aromatic amines is 1. The Morgan fingerprint density at radius 3 is 2.54 bits per heavy atom. The van der Waals surface area contributed by atoms with Crippen LogP contribution in [0.3, 0.4) is 0 Å². The summed E-state index contributed by atoms with van der Waals surface area (Å²) in [5, 5.41) is 28.1. The highest BCUT2D eigenvalue weighted by atomic mass is 35.5. The van der Waals surface area contributed by atoms with Crippen molar-refractivity contribution in [3.63, 3.8) is 0 Å². The van der Waals surface area contributed by atoms with Gasteiger partial charge in [0.05, 0.1) is 27.7 Å². The van der Waals surface area contributed by atoms with Crippen LogP contribution in [0.4, 0.5) is 17.1 Å². The summed E-state index contributed by atoms with van der Waals surface area (Å²) in [6.07, 6.45) is 11.4. The number of ether oxygens (including phenoxy) is 1. The number of H-pyrrole nitrogens is 1. The standard InChI is InChI=1S/C50H56ClN7O6S/c1-49(2)13-11-34(42(27-49)32-3-5-37(51)6-4-32)29-56-15-17-57(18-16-56)38-7-9-41(45(22-38)64-39-21-33-12-14-52-47(33)53-28-39)48(60)55-65(63)40-8-10-43(44(23-40)58(61)62)54-30-50-24-31-19-35(25-50)46(59)36(20-31)26-50/h3-10,12,14,21-23,28,31,35-36,46,54,59H,11,13,15-20,24-27,29-30H2,1-2H3,(H,52,53)(H,55,60). The van der Waals surface area contributed by atoms with Crippen molar-refractivity contribution in [2.75, 3.05) is 49.5 Å². The van der Waals surface area contributed by atoms with Gasteiger partial charge in [0.15, 0.2) is 11.0 Å². The molecule has 11 rings (SSSR count). The number of nitrogens with zero attached hydrogens (tertiary/aromatic N) is 4. The molecule has 4 saturated carbocycles. The fourth-order valence-electron chi connectivity index (χ4n) is 11.8. The maximum absolute atomic E-state index is 14.0. The van der Waals surface area contributed by atoms with Gasteiger partial charge in [0.1, 0.15) is 22.8 Å². The summed E-state index contributed by atoms with van der Waals surface area (Å²) in [5.41, 5.74) is 6.29. The minimum absolute atomic E-state index is 0.0000558. The van der Waals surface area contributed by atoms with Crippen LogP contribution in [0.1, 0.15) is 81.1 Å². The summed E-state index contributed by atoms with van der Waals surface area (Å²) in [6.45, 7) is 9.46. The lowest BCUT2D eigenvalue weighted by Crippen LogP contribution is -2.55. The van der Waals surface area contributed by atoms with Gasteiger partial charge >= 0.3 is 0 Å². The van der Waals surface area contributed by atoms with Crippen molar-refractivity contribution in [1.82, 2.24) is 19.6 Å². The number of amides is 1. The molecule has 4 bridgehead atoms. The number of aliphatic hydroxyl groups excluding tert-OH is 1. The monoisotopic (exact) mass is 917 g/mol. The van der Waals surface area contributed by atoms with Gasteiger partial charge in [0.2, 0.25) is 0 Å². The molecule has 2 aromatic heterocycles. The van der Waals surface area contributed by atoms with Gasteiger partial charge in [-0.1, -0.05) is 43.2 Å². The summed E-state index contributed by atoms with van der Waals surface area (Å²) in [7, 11) is -2.13. The van der Waals surface area contributed by atoms with Crippen molar-refractivity contribution in [2.24, 2.45) is 28.6 Å². The molecule has 15 heteroatoms. The molecule has 3 unspecified atom stereocenters. The lowest BCUT2D eigenvalue weighted by Gasteiger charge is -2.59. The van der Waals surface area contributed by atoms with Crippen LogP contribution in [-0.4, -0.2) is 80.4 Å². The van der Waals surface area contributed by atoms with Crippen molar-refractivity contribution in [3.05, 3.63) is 117 Å². The van der Waals surface area contributed by atoms with E-state index < -0.39 is 21.8 Å². The molecule has 340 valence electrons. The molecule has 5 aliphatic carbocycles. The quantitative estimate of drug-likeness (QED) is 0.0660. The molecule has 65 heavy (non-hydrogen) atoms. The number of halogens is 1. The van der Waals surface area contributed by atoms with Gasteiger partial charge in [-0.15, -0.1) is 0 Å². The number of fused-ring (bicyclic) bond motifs is 1. The van der Waals surface area contributed by atoms with Crippen molar-refractivity contribution >= 4 is 62.2 Å². The second-order valence-corrected chi connectivity index (χ2v) is 21.7. The van der Waals surface area contributed by atoms with Crippen LogP contribution in [0.15, 0.2) is 95.7 Å². The van der Waals surface area contributed by atoms with E-state index in [1.165, 1.54) is 22.8 Å². The third kappa shape index (κ3) is 9.15. The summed E-state index contributed by atoms with van der Waals surface area (Å²) < 4.78 is 22.8. The molecule has 5 aromatic rings. The molecule has 1 amide bonds. The van der Waals surface area contributed by atoms with Crippen LogP contribution < -0.4 is 19.7 Å². The molecular weight excluding hydrogens is 862 g/mol. The van der Waals surface area contributed by atoms with Crippen molar-refractivity contribution in [3.8, 4) is 11.5 Å². The van der Waals surface area contributed by atoms with Crippen LogP contribution in [-0.2, 0) is 11.0 Å². The number of benzene rings is 3. The number of nitrogens with one attached hydrogen (secondary N) is 3. The van der Waals surface area contributed by atoms with Gasteiger partial charge < -0.3 is 25.0 Å². The highest BCUT2D eigenvalue weighted by Crippen LogP contribution is 2.60. The zero-order valence-corrected chi connectivity index (χ0v) is 38.4. The summed E-state index contributed by atoms with van der Waals surface area (Å²) in [5.74, 6) is 1.22. The Labute approximate surface area is 386 Å². The minimum atomic E-state index is -2.13. The first-order valence-corrected chi connectivity index (χ1v) is 24.4. The number of anilines is 2. The smallest absolute Gasteiger partial charge is 0.293 e. The van der Waals surface area contributed by atoms with E-state index in [0.717, 1.165) is 100 Å². The average Bonchev–Trinajstić information content (AvgIpc) is 3.76. The van der Waals surface area contributed by atoms with Gasteiger partial charge in [-0.2, -0.15) is 0 Å². The topological polar surface area (TPSA) is 166 Å². The number of nitro benzene ring substituents is 1. The van der Waals surface area contributed by atoms with E-state index >= 15 is 0 Å². The maximum atomic E-state index is 14.0. The number of aliphatic hydroxyl groups is 1. The molecule has 1 saturated heterocycles. The highest BCUT2D eigenvalue weighted by molar-refractivity contribution is 7.83. The Morgan fingerprint density at radius 2 is 1.78 bits per heavy atom. The minimum Gasteiger partial charge on any atom is -0.455 e. The number of nitro groups is 1. The van der Waals surface area contributed by atoms with Gasteiger partial charge in [-0.25, -0.2) is 9.19 Å². The highest BCUT2D eigenvalue weighted by Gasteiger charge is 2.54. The molecule has 3 atom stereocenters. The summed E-state index contributed by atoms with van der Waals surface area (Å²) in [6, 6.07) is 21.8. The van der Waals surface area contributed by atoms with Gasteiger partial charge in [0.25, 0.3) is 11.6 Å². The van der Waals surface area contributed by atoms with Crippen molar-refractivity contribution < 1.29 is 23.8 Å². The van der Waals surface area contributed by atoms with Crippen molar-refractivity contribution in [2.45, 2.75) is 76.2 Å². The van der Waals surface area contributed by atoms with E-state index in [0.29, 0.717) is 41.4 Å². The number of rotatable bonds is 13. The first-order chi connectivity index (χ1) is 31.3. The molecule has 3 aromatic carbocycles. The maximum Gasteiger partial charge on any atom is 0.293 e.